The van der Waals surface area contributed by atoms with Crippen LogP contribution in [0.1, 0.15) is 66.4 Å². The van der Waals surface area contributed by atoms with Crippen LogP contribution < -0.4 is 4.74 Å². The zero-order valence-electron chi connectivity index (χ0n) is 25.9. The highest BCUT2D eigenvalue weighted by molar-refractivity contribution is 5.79. The fourth-order valence-corrected chi connectivity index (χ4v) is 5.19. The summed E-state index contributed by atoms with van der Waals surface area (Å²) in [7, 11) is 0. The summed E-state index contributed by atoms with van der Waals surface area (Å²) in [4.78, 5) is 24.0. The minimum absolute atomic E-state index is 0.286. The molecule has 3 heterocycles. The number of aryl methyl sites for hydroxylation is 3. The molecule has 0 aliphatic heterocycles. The van der Waals surface area contributed by atoms with E-state index in [4.69, 9.17) is 23.3 Å². The summed E-state index contributed by atoms with van der Waals surface area (Å²) in [5, 5.41) is 8.28. The molecule has 0 radical (unpaired) electrons. The van der Waals surface area contributed by atoms with Gasteiger partial charge < -0.3 is 18.3 Å². The van der Waals surface area contributed by atoms with Crippen molar-refractivity contribution in [3.05, 3.63) is 113 Å². The molecule has 0 amide bonds. The summed E-state index contributed by atoms with van der Waals surface area (Å²) in [6.45, 7) is 12.3. The maximum Gasteiger partial charge on any atom is 0.349 e. The number of ether oxygens (including phenoxy) is 2. The number of aromatic nitrogens is 4. The Morgan fingerprint density at radius 1 is 1.02 bits per heavy atom. The van der Waals surface area contributed by atoms with Gasteiger partial charge in [0.15, 0.2) is 5.60 Å². The summed E-state index contributed by atoms with van der Waals surface area (Å²) >= 11 is 0. The Bertz CT molecular complexity index is 1660. The quantitative estimate of drug-likeness (QED) is 0.147. The van der Waals surface area contributed by atoms with Gasteiger partial charge in [0.25, 0.3) is 0 Å². The van der Waals surface area contributed by atoms with E-state index in [2.05, 4.69) is 32.2 Å². The largest absolute Gasteiger partial charge is 0.476 e. The first-order valence-corrected chi connectivity index (χ1v) is 14.5. The summed E-state index contributed by atoms with van der Waals surface area (Å²) in [6, 6.07) is 17.4. The number of benzene rings is 2. The van der Waals surface area contributed by atoms with Crippen LogP contribution in [0.15, 0.2) is 82.2 Å². The van der Waals surface area contributed by atoms with Crippen molar-refractivity contribution in [3.8, 4) is 17.2 Å². The molecule has 10 heteroatoms. The Labute approximate surface area is 257 Å². The van der Waals surface area contributed by atoms with Gasteiger partial charge in [-0.1, -0.05) is 36.4 Å². The molecular weight excluding hydrogens is 558 g/mol. The number of hydrogen-bond donors (Lipinski definition) is 0. The van der Waals surface area contributed by atoms with Gasteiger partial charge in [-0.05, 0) is 82.0 Å². The summed E-state index contributed by atoms with van der Waals surface area (Å²) in [5.74, 6) is 1.96. The second kappa shape index (κ2) is 13.2. The van der Waals surface area contributed by atoms with Gasteiger partial charge in [0.1, 0.15) is 17.6 Å². The number of pyridine rings is 1. The van der Waals surface area contributed by atoms with Gasteiger partial charge in [0.2, 0.25) is 18.2 Å². The Balaban J connectivity index is 1.52. The first-order valence-electron chi connectivity index (χ1n) is 14.5. The Kier molecular flexibility index (Phi) is 9.20. The highest BCUT2D eigenvalue weighted by Crippen LogP contribution is 2.34. The van der Waals surface area contributed by atoms with Crippen LogP contribution in [-0.2, 0) is 22.6 Å². The van der Waals surface area contributed by atoms with Crippen LogP contribution in [0.25, 0.3) is 11.5 Å². The Morgan fingerprint density at radius 3 is 2.41 bits per heavy atom. The maximum atomic E-state index is 12.5. The average Bonchev–Trinajstić information content (AvgIpc) is 3.66. The molecule has 228 valence electrons. The molecule has 0 fully saturated rings. The number of carbonyl (C=O) groups excluding carboxylic acids is 1. The van der Waals surface area contributed by atoms with Crippen LogP contribution in [0.3, 0.4) is 0 Å². The van der Waals surface area contributed by atoms with Crippen LogP contribution >= 0.6 is 0 Å². The van der Waals surface area contributed by atoms with Crippen molar-refractivity contribution in [3.63, 3.8) is 0 Å². The van der Waals surface area contributed by atoms with Gasteiger partial charge in [-0.15, -0.1) is 10.2 Å². The van der Waals surface area contributed by atoms with E-state index in [0.717, 1.165) is 39.3 Å². The van der Waals surface area contributed by atoms with E-state index in [-0.39, 0.29) is 6.61 Å². The van der Waals surface area contributed by atoms with Crippen LogP contribution in [0.5, 0.6) is 5.75 Å². The van der Waals surface area contributed by atoms with Crippen LogP contribution in [0.2, 0.25) is 0 Å². The third-order valence-electron chi connectivity index (χ3n) is 7.27. The van der Waals surface area contributed by atoms with Crippen LogP contribution in [0, 0.1) is 20.8 Å². The van der Waals surface area contributed by atoms with E-state index in [1.54, 1.807) is 33.2 Å². The minimum atomic E-state index is -1.14. The average molecular weight is 596 g/mol. The molecule has 0 saturated heterocycles. The van der Waals surface area contributed by atoms with Crippen molar-refractivity contribution in [2.75, 3.05) is 6.61 Å². The number of nitrogens with zero attached hydrogens (tertiary/aromatic N) is 5. The molecule has 3 aromatic heterocycles. The van der Waals surface area contributed by atoms with Gasteiger partial charge >= 0.3 is 5.97 Å². The number of rotatable bonds is 12. The molecule has 0 saturated carbocycles. The predicted molar refractivity (Wildman–Crippen MR) is 164 cm³/mol. The maximum absolute atomic E-state index is 12.5. The lowest BCUT2D eigenvalue weighted by atomic mass is 10.0. The van der Waals surface area contributed by atoms with E-state index in [1.165, 1.54) is 6.39 Å². The van der Waals surface area contributed by atoms with E-state index in [0.29, 0.717) is 30.6 Å². The zero-order valence-corrected chi connectivity index (χ0v) is 25.9. The minimum Gasteiger partial charge on any atom is -0.476 e. The van der Waals surface area contributed by atoms with Gasteiger partial charge in [-0.25, -0.2) is 9.78 Å². The van der Waals surface area contributed by atoms with Gasteiger partial charge in [0.05, 0.1) is 12.3 Å². The highest BCUT2D eigenvalue weighted by Gasteiger charge is 2.33. The summed E-state index contributed by atoms with van der Waals surface area (Å²) in [5.41, 5.74) is 4.28. The topological polar surface area (TPSA) is 117 Å². The molecule has 10 nitrogen and oxygen atoms in total. The smallest absolute Gasteiger partial charge is 0.349 e. The Hall–Kier alpha value is -4.83. The normalized spacial score (nSPS) is 12.3. The molecule has 0 aliphatic rings. The number of hydrogen-bond acceptors (Lipinski definition) is 10. The van der Waals surface area contributed by atoms with E-state index in [9.17, 15) is 4.79 Å². The molecule has 1 atom stereocenters. The van der Waals surface area contributed by atoms with Gasteiger partial charge in [-0.2, -0.15) is 0 Å². The molecule has 5 aromatic rings. The van der Waals surface area contributed by atoms with Gasteiger partial charge in [-0.3, -0.25) is 9.88 Å². The lowest BCUT2D eigenvalue weighted by Gasteiger charge is -2.30. The molecule has 1 unspecified atom stereocenters. The second-order valence-electron chi connectivity index (χ2n) is 11.2. The van der Waals surface area contributed by atoms with Crippen molar-refractivity contribution in [2.45, 2.75) is 66.3 Å². The molecule has 0 bridgehead atoms. The fourth-order valence-electron chi connectivity index (χ4n) is 5.19. The van der Waals surface area contributed by atoms with E-state index < -0.39 is 17.6 Å². The van der Waals surface area contributed by atoms with E-state index >= 15 is 0 Å². The highest BCUT2D eigenvalue weighted by atomic mass is 16.6. The molecule has 5 rings (SSSR count). The molecule has 0 spiro atoms. The first kappa shape index (κ1) is 30.6. The lowest BCUT2D eigenvalue weighted by Crippen LogP contribution is -2.40. The molecule has 0 aliphatic carbocycles. The van der Waals surface area contributed by atoms with E-state index in [1.807, 2.05) is 63.2 Å². The zero-order chi connectivity index (χ0) is 31.3. The Morgan fingerprint density at radius 2 is 1.77 bits per heavy atom. The lowest BCUT2D eigenvalue weighted by molar-refractivity contribution is -0.158. The van der Waals surface area contributed by atoms with Crippen molar-refractivity contribution in [2.24, 2.45) is 0 Å². The van der Waals surface area contributed by atoms with Crippen molar-refractivity contribution < 1.29 is 23.1 Å². The third-order valence-corrected chi connectivity index (χ3v) is 7.27. The summed E-state index contributed by atoms with van der Waals surface area (Å²) in [6.07, 6.45) is 4.87. The van der Waals surface area contributed by atoms with Crippen LogP contribution in [-0.4, -0.2) is 43.2 Å². The molecule has 0 N–H and O–H groups in total. The monoisotopic (exact) mass is 595 g/mol. The second-order valence-corrected chi connectivity index (χ2v) is 11.2. The molecule has 2 aromatic carbocycles. The number of carbonyl (C=O) groups is 1. The number of esters is 1. The molecule has 44 heavy (non-hydrogen) atoms. The fraction of sp³-hybridized carbons (Fsp3) is 0.324. The molecular formula is C34H37N5O5. The van der Waals surface area contributed by atoms with Crippen molar-refractivity contribution in [1.29, 1.82) is 0 Å². The third kappa shape index (κ3) is 6.86. The standard InChI is InChI=1S/C34H37N5O5/c1-7-41-33(40)34(5,6)44-30-22(2)16-25(17-23(30)3)19-39(29(32-38-36-21-42-32)27-14-11-15-35-18-27)20-28-24(4)43-31(37-28)26-12-9-8-10-13-26/h8-18,21,29H,7,19-20H2,1-6H3. The van der Waals surface area contributed by atoms with Crippen LogP contribution in [0.4, 0.5) is 0 Å². The van der Waals surface area contributed by atoms with Crippen molar-refractivity contribution >= 4 is 5.97 Å². The SMILES string of the molecule is CCOC(=O)C(C)(C)Oc1c(C)cc(CN(Cc2nc(-c3ccccc3)oc2C)C(c2cccnc2)c2nnco2)cc1C. The van der Waals surface area contributed by atoms with Crippen molar-refractivity contribution in [1.82, 2.24) is 25.1 Å². The predicted octanol–water partition coefficient (Wildman–Crippen LogP) is 6.56. The van der Waals surface area contributed by atoms with Gasteiger partial charge in [0, 0.05) is 31.0 Å². The number of oxazole rings is 1. The first-order chi connectivity index (χ1) is 21.2. The summed E-state index contributed by atoms with van der Waals surface area (Å²) < 4.78 is 23.3.